The van der Waals surface area contributed by atoms with Gasteiger partial charge in [-0.15, -0.1) is 0 Å². The van der Waals surface area contributed by atoms with E-state index in [4.69, 9.17) is 4.74 Å². The number of carbonyl (C=O) groups excluding carboxylic acids is 4. The van der Waals surface area contributed by atoms with Crippen LogP contribution in [0.25, 0.3) is 10.9 Å². The van der Waals surface area contributed by atoms with Crippen molar-refractivity contribution in [1.82, 2.24) is 9.47 Å². The molecule has 1 heterocycles. The molecule has 8 nitrogen and oxygen atoms in total. The second-order valence-corrected chi connectivity index (χ2v) is 10.6. The van der Waals surface area contributed by atoms with Crippen molar-refractivity contribution in [1.29, 1.82) is 0 Å². The number of rotatable bonds is 14. The van der Waals surface area contributed by atoms with Crippen molar-refractivity contribution >= 4 is 40.3 Å². The summed E-state index contributed by atoms with van der Waals surface area (Å²) in [6, 6.07) is 14.2. The lowest BCUT2D eigenvalue weighted by Gasteiger charge is -2.22. The quantitative estimate of drug-likeness (QED) is 0.127. The molecule has 3 aromatic rings. The Balaban J connectivity index is 1.76. The van der Waals surface area contributed by atoms with Crippen LogP contribution in [-0.2, 0) is 14.4 Å². The summed E-state index contributed by atoms with van der Waals surface area (Å²) >= 11 is 0. The van der Waals surface area contributed by atoms with E-state index in [1.807, 2.05) is 37.1 Å². The van der Waals surface area contributed by atoms with Gasteiger partial charge in [-0.3, -0.25) is 23.7 Å². The zero-order valence-corrected chi connectivity index (χ0v) is 25.1. The van der Waals surface area contributed by atoms with E-state index in [0.29, 0.717) is 46.6 Å². The number of unbranched alkanes of at least 4 members (excludes halogenated alkanes) is 5. The zero-order valence-electron chi connectivity index (χ0n) is 25.1. The molecule has 0 aliphatic rings. The molecule has 0 aliphatic heterocycles. The van der Waals surface area contributed by atoms with E-state index in [-0.39, 0.29) is 17.7 Å². The molecular formula is C33H43N3O5. The van der Waals surface area contributed by atoms with Gasteiger partial charge in [-0.05, 0) is 56.5 Å². The van der Waals surface area contributed by atoms with Gasteiger partial charge in [-0.1, -0.05) is 50.8 Å². The monoisotopic (exact) mass is 561 g/mol. The van der Waals surface area contributed by atoms with Crippen molar-refractivity contribution in [2.24, 2.45) is 0 Å². The van der Waals surface area contributed by atoms with E-state index in [2.05, 4.69) is 6.92 Å². The number of amides is 2. The molecule has 2 amide bonds. The topological polar surface area (TPSA) is 88.9 Å². The van der Waals surface area contributed by atoms with Crippen molar-refractivity contribution in [3.8, 4) is 5.75 Å². The standard InChI is InChI=1S/C33H43N3O5/c1-6-7-21-34(5)31(39)18-14-9-8-10-15-22-35(25(3)37)32-24(2)36(33(40)27-16-12-11-13-17-27)30-20-19-28(23-29(30)32)41-26(4)38/h11-13,16-17,19-20,23H,6-10,14-15,18,21-22H2,1-5H3. The maximum Gasteiger partial charge on any atom is 0.308 e. The number of ether oxygens (including phenoxy) is 1. The van der Waals surface area contributed by atoms with Gasteiger partial charge in [0.15, 0.2) is 0 Å². The van der Waals surface area contributed by atoms with Gasteiger partial charge in [0, 0.05) is 57.0 Å². The molecule has 0 bridgehead atoms. The summed E-state index contributed by atoms with van der Waals surface area (Å²) in [5.41, 5.74) is 2.47. The first-order valence-electron chi connectivity index (χ1n) is 14.6. The Labute approximate surface area is 243 Å². The fraction of sp³-hybridized carbons (Fsp3) is 0.455. The van der Waals surface area contributed by atoms with Gasteiger partial charge in [-0.2, -0.15) is 0 Å². The molecule has 220 valence electrons. The van der Waals surface area contributed by atoms with Crippen LogP contribution in [0.2, 0.25) is 0 Å². The summed E-state index contributed by atoms with van der Waals surface area (Å²) in [6.45, 7) is 8.12. The first kappa shape index (κ1) is 31.6. The number of benzene rings is 2. The first-order chi connectivity index (χ1) is 19.6. The summed E-state index contributed by atoms with van der Waals surface area (Å²) in [6.07, 6.45) is 7.17. The summed E-state index contributed by atoms with van der Waals surface area (Å²) in [4.78, 5) is 54.0. The van der Waals surface area contributed by atoms with Crippen molar-refractivity contribution < 1.29 is 23.9 Å². The third-order valence-electron chi connectivity index (χ3n) is 7.32. The minimum atomic E-state index is -0.444. The molecule has 8 heteroatoms. The van der Waals surface area contributed by atoms with Crippen LogP contribution in [0, 0.1) is 6.92 Å². The fourth-order valence-corrected chi connectivity index (χ4v) is 5.14. The maximum absolute atomic E-state index is 13.6. The van der Waals surface area contributed by atoms with Crippen LogP contribution >= 0.6 is 0 Å². The summed E-state index contributed by atoms with van der Waals surface area (Å²) < 4.78 is 6.96. The Morgan fingerprint density at radius 2 is 1.54 bits per heavy atom. The summed E-state index contributed by atoms with van der Waals surface area (Å²) in [5.74, 6) is -0.212. The number of nitrogens with zero attached hydrogens (tertiary/aromatic N) is 3. The van der Waals surface area contributed by atoms with Crippen LogP contribution in [-0.4, -0.2) is 53.3 Å². The Bertz CT molecular complexity index is 1360. The average Bonchev–Trinajstić information content (AvgIpc) is 3.23. The molecule has 0 saturated carbocycles. The predicted octanol–water partition coefficient (Wildman–Crippen LogP) is 6.52. The number of hydrogen-bond acceptors (Lipinski definition) is 5. The number of esters is 1. The minimum Gasteiger partial charge on any atom is -0.427 e. The van der Waals surface area contributed by atoms with E-state index in [9.17, 15) is 19.2 Å². The highest BCUT2D eigenvalue weighted by Gasteiger charge is 2.26. The first-order valence-corrected chi connectivity index (χ1v) is 14.6. The van der Waals surface area contributed by atoms with Crippen molar-refractivity contribution in [3.63, 3.8) is 0 Å². The number of aromatic nitrogens is 1. The van der Waals surface area contributed by atoms with Crippen LogP contribution < -0.4 is 9.64 Å². The number of carbonyl (C=O) groups is 4. The predicted molar refractivity (Wildman–Crippen MR) is 162 cm³/mol. The molecule has 3 rings (SSSR count). The van der Waals surface area contributed by atoms with E-state index in [0.717, 1.165) is 51.5 Å². The van der Waals surface area contributed by atoms with E-state index in [1.54, 1.807) is 39.8 Å². The second kappa shape index (κ2) is 15.2. The van der Waals surface area contributed by atoms with Crippen LogP contribution in [0.3, 0.4) is 0 Å². The molecule has 2 aromatic carbocycles. The normalized spacial score (nSPS) is 11.0. The lowest BCUT2D eigenvalue weighted by atomic mass is 10.1. The Morgan fingerprint density at radius 3 is 2.20 bits per heavy atom. The van der Waals surface area contributed by atoms with E-state index >= 15 is 0 Å². The highest BCUT2D eigenvalue weighted by atomic mass is 16.5. The average molecular weight is 562 g/mol. The molecule has 0 aliphatic carbocycles. The molecule has 1 aromatic heterocycles. The second-order valence-electron chi connectivity index (χ2n) is 10.6. The van der Waals surface area contributed by atoms with Gasteiger partial charge in [0.05, 0.1) is 11.2 Å². The van der Waals surface area contributed by atoms with E-state index < -0.39 is 5.97 Å². The molecule has 0 radical (unpaired) electrons. The molecule has 0 saturated heterocycles. The molecule has 0 unspecified atom stereocenters. The number of hydrogen-bond donors (Lipinski definition) is 0. The smallest absolute Gasteiger partial charge is 0.308 e. The molecular weight excluding hydrogens is 518 g/mol. The van der Waals surface area contributed by atoms with Crippen LogP contribution in [0.4, 0.5) is 5.69 Å². The molecule has 0 N–H and O–H groups in total. The number of anilines is 1. The van der Waals surface area contributed by atoms with Crippen molar-refractivity contribution in [2.75, 3.05) is 25.0 Å². The van der Waals surface area contributed by atoms with E-state index in [1.165, 1.54) is 13.8 Å². The molecule has 0 fully saturated rings. The zero-order chi connectivity index (χ0) is 29.9. The van der Waals surface area contributed by atoms with Gasteiger partial charge < -0.3 is 14.5 Å². The van der Waals surface area contributed by atoms with Crippen LogP contribution in [0.1, 0.15) is 88.2 Å². The maximum atomic E-state index is 13.6. The Morgan fingerprint density at radius 1 is 0.854 bits per heavy atom. The number of fused-ring (bicyclic) bond motifs is 1. The van der Waals surface area contributed by atoms with Crippen molar-refractivity contribution in [3.05, 3.63) is 59.8 Å². The molecule has 0 spiro atoms. The van der Waals surface area contributed by atoms with Gasteiger partial charge in [0.2, 0.25) is 11.8 Å². The van der Waals surface area contributed by atoms with Gasteiger partial charge in [0.1, 0.15) is 5.75 Å². The van der Waals surface area contributed by atoms with Gasteiger partial charge >= 0.3 is 5.97 Å². The molecule has 41 heavy (non-hydrogen) atoms. The van der Waals surface area contributed by atoms with Gasteiger partial charge in [-0.25, -0.2) is 0 Å². The molecule has 0 atom stereocenters. The Kier molecular flexibility index (Phi) is 11.7. The highest BCUT2D eigenvalue weighted by molar-refractivity contribution is 6.11. The summed E-state index contributed by atoms with van der Waals surface area (Å²) in [5, 5.41) is 0.673. The fourth-order valence-electron chi connectivity index (χ4n) is 5.14. The van der Waals surface area contributed by atoms with Gasteiger partial charge in [0.25, 0.3) is 5.91 Å². The Hall–Kier alpha value is -3.94. The van der Waals surface area contributed by atoms with Crippen LogP contribution in [0.5, 0.6) is 5.75 Å². The minimum absolute atomic E-state index is 0.127. The summed E-state index contributed by atoms with van der Waals surface area (Å²) in [7, 11) is 1.87. The highest BCUT2D eigenvalue weighted by Crippen LogP contribution is 2.37. The third-order valence-corrected chi connectivity index (χ3v) is 7.32. The SMILES string of the molecule is CCCCN(C)C(=O)CCCCCCCN(C(C)=O)c1c(C)n(C(=O)c2ccccc2)c2ccc(OC(C)=O)cc12. The largest absolute Gasteiger partial charge is 0.427 e. The lowest BCUT2D eigenvalue weighted by Crippen LogP contribution is -2.30. The lowest BCUT2D eigenvalue weighted by molar-refractivity contribution is -0.132. The van der Waals surface area contributed by atoms with Crippen LogP contribution in [0.15, 0.2) is 48.5 Å². The third kappa shape index (κ3) is 8.28. The van der Waals surface area contributed by atoms with Crippen molar-refractivity contribution in [2.45, 2.75) is 79.1 Å².